The molecule has 0 aliphatic heterocycles. The molecule has 0 fully saturated rings. The first-order chi connectivity index (χ1) is 9.49. The van der Waals surface area contributed by atoms with Gasteiger partial charge in [-0.25, -0.2) is 9.97 Å². The van der Waals surface area contributed by atoms with Crippen molar-refractivity contribution in [3.63, 3.8) is 0 Å². The van der Waals surface area contributed by atoms with Crippen LogP contribution < -0.4 is 10.5 Å². The quantitative estimate of drug-likeness (QED) is 0.922. The lowest BCUT2D eigenvalue weighted by atomic mass is 9.97. The van der Waals surface area contributed by atoms with Crippen molar-refractivity contribution >= 4 is 5.82 Å². The van der Waals surface area contributed by atoms with E-state index in [-0.39, 0.29) is 12.0 Å². The molecule has 2 rings (SSSR count). The topological polar surface area (TPSA) is 61.0 Å². The van der Waals surface area contributed by atoms with E-state index in [0.717, 1.165) is 22.6 Å². The number of rotatable bonds is 4. The molecule has 2 N–H and O–H groups in total. The third-order valence-corrected chi connectivity index (χ3v) is 2.97. The molecular formula is C16H21N3O. The standard InChI is InChI=1S/C16H21N3O/c1-10(2)14-15(18-9-19-16(14)17)12-6-5-7-13(8-12)20-11(3)4/h5-11H,1-4H3,(H2,17,18,19). The van der Waals surface area contributed by atoms with Crippen molar-refractivity contribution in [1.29, 1.82) is 0 Å². The molecule has 0 unspecified atom stereocenters. The van der Waals surface area contributed by atoms with Crippen LogP contribution in [0, 0.1) is 0 Å². The van der Waals surface area contributed by atoms with E-state index in [1.165, 1.54) is 6.33 Å². The van der Waals surface area contributed by atoms with Crippen LogP contribution in [-0.4, -0.2) is 16.1 Å². The van der Waals surface area contributed by atoms with Crippen LogP contribution in [0.2, 0.25) is 0 Å². The normalized spacial score (nSPS) is 11.1. The van der Waals surface area contributed by atoms with Crippen molar-refractivity contribution in [2.75, 3.05) is 5.73 Å². The molecule has 0 atom stereocenters. The van der Waals surface area contributed by atoms with Gasteiger partial charge in [0.15, 0.2) is 0 Å². The minimum atomic E-state index is 0.144. The maximum absolute atomic E-state index is 6.00. The van der Waals surface area contributed by atoms with Crippen LogP contribution in [0.3, 0.4) is 0 Å². The Morgan fingerprint density at radius 2 is 1.85 bits per heavy atom. The highest BCUT2D eigenvalue weighted by Gasteiger charge is 2.15. The van der Waals surface area contributed by atoms with Gasteiger partial charge in [-0.3, -0.25) is 0 Å². The number of anilines is 1. The number of ether oxygens (including phenoxy) is 1. The summed E-state index contributed by atoms with van der Waals surface area (Å²) >= 11 is 0. The van der Waals surface area contributed by atoms with Gasteiger partial charge in [0, 0.05) is 11.1 Å². The van der Waals surface area contributed by atoms with Crippen LogP contribution in [0.5, 0.6) is 5.75 Å². The van der Waals surface area contributed by atoms with Gasteiger partial charge >= 0.3 is 0 Å². The van der Waals surface area contributed by atoms with Gasteiger partial charge in [-0.15, -0.1) is 0 Å². The van der Waals surface area contributed by atoms with Crippen molar-refractivity contribution in [1.82, 2.24) is 9.97 Å². The number of nitrogens with zero attached hydrogens (tertiary/aromatic N) is 2. The molecule has 0 saturated heterocycles. The van der Waals surface area contributed by atoms with Crippen molar-refractivity contribution in [3.8, 4) is 17.0 Å². The van der Waals surface area contributed by atoms with Gasteiger partial charge in [0.25, 0.3) is 0 Å². The second-order valence-electron chi connectivity index (χ2n) is 5.37. The molecule has 0 aliphatic carbocycles. The molecule has 0 bridgehead atoms. The van der Waals surface area contributed by atoms with Crippen molar-refractivity contribution in [2.24, 2.45) is 0 Å². The Bertz CT molecular complexity index is 594. The first kappa shape index (κ1) is 14.3. The summed E-state index contributed by atoms with van der Waals surface area (Å²) in [6.45, 7) is 8.20. The Kier molecular flexibility index (Phi) is 4.23. The highest BCUT2D eigenvalue weighted by Crippen LogP contribution is 2.32. The van der Waals surface area contributed by atoms with Crippen molar-refractivity contribution < 1.29 is 4.74 Å². The van der Waals surface area contributed by atoms with Gasteiger partial charge in [0.1, 0.15) is 17.9 Å². The summed E-state index contributed by atoms with van der Waals surface area (Å²) in [6, 6.07) is 7.92. The van der Waals surface area contributed by atoms with Gasteiger partial charge < -0.3 is 10.5 Å². The highest BCUT2D eigenvalue weighted by molar-refractivity contribution is 5.69. The molecule has 0 aliphatic rings. The summed E-state index contributed by atoms with van der Waals surface area (Å²) in [4.78, 5) is 8.50. The fourth-order valence-corrected chi connectivity index (χ4v) is 2.20. The van der Waals surface area contributed by atoms with Crippen molar-refractivity contribution in [3.05, 3.63) is 36.2 Å². The van der Waals surface area contributed by atoms with E-state index in [9.17, 15) is 0 Å². The lowest BCUT2D eigenvalue weighted by molar-refractivity contribution is 0.242. The molecule has 106 valence electrons. The molecule has 0 amide bonds. The lowest BCUT2D eigenvalue weighted by Gasteiger charge is -2.15. The van der Waals surface area contributed by atoms with E-state index in [1.807, 2.05) is 38.1 Å². The van der Waals surface area contributed by atoms with E-state index in [1.54, 1.807) is 0 Å². The lowest BCUT2D eigenvalue weighted by Crippen LogP contribution is -2.06. The predicted molar refractivity (Wildman–Crippen MR) is 81.7 cm³/mol. The molecule has 20 heavy (non-hydrogen) atoms. The van der Waals surface area contributed by atoms with Crippen LogP contribution in [0.15, 0.2) is 30.6 Å². The minimum Gasteiger partial charge on any atom is -0.491 e. The van der Waals surface area contributed by atoms with Crippen LogP contribution >= 0.6 is 0 Å². The fraction of sp³-hybridized carbons (Fsp3) is 0.375. The molecule has 0 spiro atoms. The van der Waals surface area contributed by atoms with E-state index in [0.29, 0.717) is 5.82 Å². The summed E-state index contributed by atoms with van der Waals surface area (Å²) < 4.78 is 5.73. The molecule has 4 heteroatoms. The second-order valence-corrected chi connectivity index (χ2v) is 5.37. The average Bonchev–Trinajstić information content (AvgIpc) is 2.37. The molecule has 0 saturated carbocycles. The molecule has 1 aromatic carbocycles. The first-order valence-corrected chi connectivity index (χ1v) is 6.86. The van der Waals surface area contributed by atoms with Gasteiger partial charge in [-0.05, 0) is 31.9 Å². The largest absolute Gasteiger partial charge is 0.491 e. The smallest absolute Gasteiger partial charge is 0.130 e. The van der Waals surface area contributed by atoms with Crippen LogP contribution in [0.25, 0.3) is 11.3 Å². The summed E-state index contributed by atoms with van der Waals surface area (Å²) in [7, 11) is 0. The Labute approximate surface area is 120 Å². The van der Waals surface area contributed by atoms with E-state index < -0.39 is 0 Å². The molecule has 1 heterocycles. The Morgan fingerprint density at radius 1 is 1.10 bits per heavy atom. The van der Waals surface area contributed by atoms with Gasteiger partial charge in [0.2, 0.25) is 0 Å². The number of benzene rings is 1. The zero-order valence-corrected chi connectivity index (χ0v) is 12.4. The fourth-order valence-electron chi connectivity index (χ4n) is 2.20. The van der Waals surface area contributed by atoms with Gasteiger partial charge in [-0.1, -0.05) is 26.0 Å². The monoisotopic (exact) mass is 271 g/mol. The summed E-state index contributed by atoms with van der Waals surface area (Å²) in [5, 5.41) is 0. The first-order valence-electron chi connectivity index (χ1n) is 6.86. The Hall–Kier alpha value is -2.10. The average molecular weight is 271 g/mol. The molecule has 0 radical (unpaired) electrons. The van der Waals surface area contributed by atoms with Crippen LogP contribution in [-0.2, 0) is 0 Å². The van der Waals surface area contributed by atoms with Gasteiger partial charge in [-0.2, -0.15) is 0 Å². The number of nitrogen functional groups attached to an aromatic ring is 1. The van der Waals surface area contributed by atoms with Crippen LogP contribution in [0.1, 0.15) is 39.2 Å². The zero-order valence-electron chi connectivity index (χ0n) is 12.4. The minimum absolute atomic E-state index is 0.144. The maximum Gasteiger partial charge on any atom is 0.130 e. The summed E-state index contributed by atoms with van der Waals surface area (Å²) in [5.74, 6) is 1.64. The zero-order chi connectivity index (χ0) is 14.7. The van der Waals surface area contributed by atoms with E-state index in [4.69, 9.17) is 10.5 Å². The van der Waals surface area contributed by atoms with Crippen LogP contribution in [0.4, 0.5) is 5.82 Å². The molecule has 2 aromatic rings. The Balaban J connectivity index is 2.49. The number of aromatic nitrogens is 2. The van der Waals surface area contributed by atoms with Gasteiger partial charge in [0.05, 0.1) is 11.8 Å². The molecule has 1 aromatic heterocycles. The van der Waals surface area contributed by atoms with Crippen molar-refractivity contribution in [2.45, 2.75) is 39.7 Å². The second kappa shape index (κ2) is 5.90. The maximum atomic E-state index is 6.00. The summed E-state index contributed by atoms with van der Waals surface area (Å²) in [5.41, 5.74) is 8.85. The SMILES string of the molecule is CC(C)Oc1cccc(-c2ncnc(N)c2C(C)C)c1. The highest BCUT2D eigenvalue weighted by atomic mass is 16.5. The Morgan fingerprint density at radius 3 is 2.50 bits per heavy atom. The third kappa shape index (κ3) is 3.07. The number of hydrogen-bond donors (Lipinski definition) is 1. The number of hydrogen-bond acceptors (Lipinski definition) is 4. The third-order valence-electron chi connectivity index (χ3n) is 2.97. The number of nitrogens with two attached hydrogens (primary N) is 1. The summed E-state index contributed by atoms with van der Waals surface area (Å²) in [6.07, 6.45) is 1.65. The van der Waals surface area contributed by atoms with E-state index >= 15 is 0 Å². The molecular weight excluding hydrogens is 250 g/mol. The molecule has 4 nitrogen and oxygen atoms in total. The predicted octanol–water partition coefficient (Wildman–Crippen LogP) is 3.64. The van der Waals surface area contributed by atoms with E-state index in [2.05, 4.69) is 23.8 Å².